The molecule has 0 aromatic heterocycles. The normalized spacial score (nSPS) is 31.6. The van der Waals surface area contributed by atoms with E-state index >= 15 is 0 Å². The number of rotatable bonds is 5. The molecule has 2 aliphatic heterocycles. The molecule has 1 N–H and O–H groups in total. The van der Waals surface area contributed by atoms with E-state index < -0.39 is 5.60 Å². The van der Waals surface area contributed by atoms with Crippen molar-refractivity contribution in [3.05, 3.63) is 0 Å². The average molecular weight is 242 g/mol. The molecule has 3 nitrogen and oxygen atoms in total. The molecule has 0 amide bonds. The fourth-order valence-corrected chi connectivity index (χ4v) is 2.96. The van der Waals surface area contributed by atoms with Crippen molar-refractivity contribution in [1.82, 2.24) is 0 Å². The lowest BCUT2D eigenvalue weighted by Crippen LogP contribution is -2.38. The fourth-order valence-electron chi connectivity index (χ4n) is 2.96. The van der Waals surface area contributed by atoms with E-state index in [0.717, 1.165) is 51.4 Å². The molecule has 0 saturated carbocycles. The van der Waals surface area contributed by atoms with E-state index in [1.165, 1.54) is 25.7 Å². The average Bonchev–Trinajstić information content (AvgIpc) is 2.37. The number of hydrogen-bond acceptors (Lipinski definition) is 3. The van der Waals surface area contributed by atoms with Crippen molar-refractivity contribution in [3.63, 3.8) is 0 Å². The van der Waals surface area contributed by atoms with Gasteiger partial charge in [-0.25, -0.2) is 0 Å². The summed E-state index contributed by atoms with van der Waals surface area (Å²) in [5.41, 5.74) is -0.520. The molecule has 2 heterocycles. The van der Waals surface area contributed by atoms with E-state index in [2.05, 4.69) is 0 Å². The van der Waals surface area contributed by atoms with Gasteiger partial charge in [0.15, 0.2) is 0 Å². The summed E-state index contributed by atoms with van der Waals surface area (Å²) in [4.78, 5) is 0. The Balaban J connectivity index is 1.55. The van der Waals surface area contributed by atoms with Crippen LogP contribution in [-0.4, -0.2) is 37.1 Å². The van der Waals surface area contributed by atoms with Crippen LogP contribution < -0.4 is 0 Å². The van der Waals surface area contributed by atoms with Crippen molar-refractivity contribution < 1.29 is 14.6 Å². The quantitative estimate of drug-likeness (QED) is 0.753. The van der Waals surface area contributed by atoms with Crippen LogP contribution in [0.1, 0.15) is 51.4 Å². The van der Waals surface area contributed by atoms with E-state index in [4.69, 9.17) is 9.47 Å². The van der Waals surface area contributed by atoms with Crippen molar-refractivity contribution in [2.24, 2.45) is 5.92 Å². The summed E-state index contributed by atoms with van der Waals surface area (Å²) < 4.78 is 10.7. The first-order valence-corrected chi connectivity index (χ1v) is 7.16. The summed E-state index contributed by atoms with van der Waals surface area (Å²) in [6.07, 6.45) is 8.99. The Labute approximate surface area is 104 Å². The highest BCUT2D eigenvalue weighted by Crippen LogP contribution is 2.27. The van der Waals surface area contributed by atoms with Gasteiger partial charge in [0.2, 0.25) is 0 Å². The van der Waals surface area contributed by atoms with Gasteiger partial charge in [0.1, 0.15) is 0 Å². The standard InChI is InChI=1S/C14H26O3/c15-14(8-3-9-17-12-14)7-2-1-4-13-5-10-16-11-6-13/h13,15H,1-12H2. The summed E-state index contributed by atoms with van der Waals surface area (Å²) in [6, 6.07) is 0. The van der Waals surface area contributed by atoms with Crippen molar-refractivity contribution in [3.8, 4) is 0 Å². The Morgan fingerprint density at radius 1 is 1.06 bits per heavy atom. The van der Waals surface area contributed by atoms with Gasteiger partial charge in [-0.15, -0.1) is 0 Å². The third-order valence-electron chi connectivity index (χ3n) is 4.15. The molecule has 0 aromatic carbocycles. The maximum absolute atomic E-state index is 10.3. The Bertz CT molecular complexity index is 206. The number of hydrogen-bond donors (Lipinski definition) is 1. The molecule has 17 heavy (non-hydrogen) atoms. The second-order valence-electron chi connectivity index (χ2n) is 5.68. The predicted molar refractivity (Wildman–Crippen MR) is 67.0 cm³/mol. The molecule has 0 aliphatic carbocycles. The van der Waals surface area contributed by atoms with E-state index in [1.807, 2.05) is 0 Å². The van der Waals surface area contributed by atoms with Crippen LogP contribution in [0.3, 0.4) is 0 Å². The van der Waals surface area contributed by atoms with Crippen LogP contribution in [0.25, 0.3) is 0 Å². The molecule has 0 radical (unpaired) electrons. The monoisotopic (exact) mass is 242 g/mol. The Hall–Kier alpha value is -0.120. The summed E-state index contributed by atoms with van der Waals surface area (Å²) >= 11 is 0. The SMILES string of the molecule is OC1(CCCCC2CCOCC2)CCCOC1. The second-order valence-corrected chi connectivity index (χ2v) is 5.68. The maximum atomic E-state index is 10.3. The Morgan fingerprint density at radius 2 is 1.88 bits per heavy atom. The lowest BCUT2D eigenvalue weighted by atomic mass is 9.88. The Morgan fingerprint density at radius 3 is 2.59 bits per heavy atom. The van der Waals surface area contributed by atoms with E-state index in [0.29, 0.717) is 6.61 Å². The minimum absolute atomic E-state index is 0.520. The number of ether oxygens (including phenoxy) is 2. The third-order valence-corrected chi connectivity index (χ3v) is 4.15. The van der Waals surface area contributed by atoms with Crippen LogP contribution >= 0.6 is 0 Å². The molecule has 0 aromatic rings. The predicted octanol–water partition coefficient (Wildman–Crippen LogP) is 2.51. The van der Waals surface area contributed by atoms with Gasteiger partial charge in [0, 0.05) is 19.8 Å². The van der Waals surface area contributed by atoms with Crippen LogP contribution in [0.5, 0.6) is 0 Å². The zero-order chi connectivity index (χ0) is 12.0. The minimum atomic E-state index is -0.520. The van der Waals surface area contributed by atoms with E-state index in [9.17, 15) is 5.11 Å². The molecule has 0 spiro atoms. The van der Waals surface area contributed by atoms with Crippen LogP contribution in [-0.2, 0) is 9.47 Å². The van der Waals surface area contributed by atoms with E-state index in [-0.39, 0.29) is 0 Å². The molecule has 0 bridgehead atoms. The summed E-state index contributed by atoms with van der Waals surface area (Å²) in [6.45, 7) is 3.26. The van der Waals surface area contributed by atoms with Gasteiger partial charge in [-0.05, 0) is 38.0 Å². The third kappa shape index (κ3) is 4.57. The molecule has 1 atom stereocenters. The zero-order valence-electron chi connectivity index (χ0n) is 10.8. The fraction of sp³-hybridized carbons (Fsp3) is 1.00. The van der Waals surface area contributed by atoms with Gasteiger partial charge in [-0.3, -0.25) is 0 Å². The lowest BCUT2D eigenvalue weighted by molar-refractivity contribution is -0.0908. The van der Waals surface area contributed by atoms with Gasteiger partial charge in [0.05, 0.1) is 12.2 Å². The first kappa shape index (κ1) is 13.3. The van der Waals surface area contributed by atoms with Gasteiger partial charge in [0.25, 0.3) is 0 Å². The van der Waals surface area contributed by atoms with Gasteiger partial charge >= 0.3 is 0 Å². The van der Waals surface area contributed by atoms with E-state index in [1.54, 1.807) is 0 Å². The van der Waals surface area contributed by atoms with Crippen molar-refractivity contribution >= 4 is 0 Å². The summed E-state index contributed by atoms with van der Waals surface area (Å²) in [5.74, 6) is 0.862. The smallest absolute Gasteiger partial charge is 0.0881 e. The topological polar surface area (TPSA) is 38.7 Å². The molecular weight excluding hydrogens is 216 g/mol. The second kappa shape index (κ2) is 6.72. The number of aliphatic hydroxyl groups is 1. The molecule has 100 valence electrons. The molecule has 2 fully saturated rings. The van der Waals surface area contributed by atoms with Crippen LogP contribution in [0.4, 0.5) is 0 Å². The molecule has 2 rings (SSSR count). The lowest BCUT2D eigenvalue weighted by Gasteiger charge is -2.32. The zero-order valence-corrected chi connectivity index (χ0v) is 10.8. The molecule has 1 unspecified atom stereocenters. The van der Waals surface area contributed by atoms with Crippen LogP contribution in [0.15, 0.2) is 0 Å². The molecular formula is C14H26O3. The largest absolute Gasteiger partial charge is 0.387 e. The highest BCUT2D eigenvalue weighted by molar-refractivity contribution is 4.81. The van der Waals surface area contributed by atoms with Gasteiger partial charge in [-0.1, -0.05) is 19.3 Å². The minimum Gasteiger partial charge on any atom is -0.387 e. The van der Waals surface area contributed by atoms with Crippen LogP contribution in [0, 0.1) is 5.92 Å². The number of unbranched alkanes of at least 4 members (excludes halogenated alkanes) is 1. The highest BCUT2D eigenvalue weighted by Gasteiger charge is 2.29. The molecule has 2 saturated heterocycles. The van der Waals surface area contributed by atoms with Crippen LogP contribution in [0.2, 0.25) is 0 Å². The summed E-state index contributed by atoms with van der Waals surface area (Å²) in [5, 5.41) is 10.3. The Kier molecular flexibility index (Phi) is 5.26. The van der Waals surface area contributed by atoms with Gasteiger partial charge < -0.3 is 14.6 Å². The van der Waals surface area contributed by atoms with Crippen molar-refractivity contribution in [2.75, 3.05) is 26.4 Å². The first-order chi connectivity index (χ1) is 8.29. The summed E-state index contributed by atoms with van der Waals surface area (Å²) in [7, 11) is 0. The van der Waals surface area contributed by atoms with Gasteiger partial charge in [-0.2, -0.15) is 0 Å². The first-order valence-electron chi connectivity index (χ1n) is 7.16. The maximum Gasteiger partial charge on any atom is 0.0881 e. The van der Waals surface area contributed by atoms with Crippen molar-refractivity contribution in [1.29, 1.82) is 0 Å². The highest BCUT2D eigenvalue weighted by atomic mass is 16.5. The molecule has 2 aliphatic rings. The molecule has 3 heteroatoms. The van der Waals surface area contributed by atoms with Crippen molar-refractivity contribution in [2.45, 2.75) is 57.0 Å².